The van der Waals surface area contributed by atoms with Crippen LogP contribution in [0.5, 0.6) is 0 Å². The summed E-state index contributed by atoms with van der Waals surface area (Å²) in [4.78, 5) is 15.0. The Balaban J connectivity index is 2.37. The zero-order valence-corrected chi connectivity index (χ0v) is 11.3. The molecule has 0 unspecified atom stereocenters. The lowest BCUT2D eigenvalue weighted by atomic mass is 9.86. The molecule has 1 aromatic heterocycles. The zero-order valence-electron chi connectivity index (χ0n) is 11.3. The van der Waals surface area contributed by atoms with E-state index in [1.165, 1.54) is 11.6 Å². The minimum absolute atomic E-state index is 0.0670. The summed E-state index contributed by atoms with van der Waals surface area (Å²) in [5, 5.41) is 8.94. The maximum Gasteiger partial charge on any atom is 0.354 e. The molecule has 0 bridgehead atoms. The van der Waals surface area contributed by atoms with Gasteiger partial charge in [-0.3, -0.25) is 0 Å². The van der Waals surface area contributed by atoms with Gasteiger partial charge in [0.15, 0.2) is 0 Å². The van der Waals surface area contributed by atoms with Crippen molar-refractivity contribution >= 4 is 5.97 Å². The molecule has 0 aliphatic heterocycles. The summed E-state index contributed by atoms with van der Waals surface area (Å²) in [6.07, 6.45) is 0. The summed E-state index contributed by atoms with van der Waals surface area (Å²) in [6, 6.07) is 13.1. The van der Waals surface area contributed by atoms with E-state index in [1.807, 2.05) is 18.2 Å². The van der Waals surface area contributed by atoms with Crippen LogP contribution in [-0.4, -0.2) is 16.1 Å². The summed E-state index contributed by atoms with van der Waals surface area (Å²) in [5.74, 6) is -1.01. The highest BCUT2D eigenvalue weighted by atomic mass is 16.4. The van der Waals surface area contributed by atoms with Crippen LogP contribution in [0.3, 0.4) is 0 Å². The highest BCUT2D eigenvalue weighted by molar-refractivity contribution is 5.86. The van der Waals surface area contributed by atoms with E-state index in [-0.39, 0.29) is 11.1 Å². The number of hydrogen-bond acceptors (Lipinski definition) is 2. The van der Waals surface area contributed by atoms with Crippen LogP contribution in [0.15, 0.2) is 42.5 Å². The van der Waals surface area contributed by atoms with Gasteiger partial charge in [-0.05, 0) is 23.1 Å². The van der Waals surface area contributed by atoms with Crippen LogP contribution in [0.4, 0.5) is 0 Å². The van der Waals surface area contributed by atoms with Crippen molar-refractivity contribution in [1.82, 2.24) is 4.98 Å². The predicted molar refractivity (Wildman–Crippen MR) is 75.3 cm³/mol. The molecule has 0 radical (unpaired) electrons. The van der Waals surface area contributed by atoms with E-state index >= 15 is 0 Å². The number of carboxylic acids is 1. The second kappa shape index (κ2) is 4.84. The molecular weight excluding hydrogens is 238 g/mol. The molecule has 19 heavy (non-hydrogen) atoms. The monoisotopic (exact) mass is 255 g/mol. The molecule has 0 aliphatic carbocycles. The molecule has 98 valence electrons. The molecule has 1 aromatic carbocycles. The van der Waals surface area contributed by atoms with E-state index in [0.717, 1.165) is 5.56 Å². The Morgan fingerprint density at radius 1 is 1.05 bits per heavy atom. The number of aromatic nitrogens is 1. The van der Waals surface area contributed by atoms with E-state index in [4.69, 9.17) is 5.11 Å². The molecule has 1 heterocycles. The molecule has 3 nitrogen and oxygen atoms in total. The first-order valence-corrected chi connectivity index (χ1v) is 6.19. The fourth-order valence-electron chi connectivity index (χ4n) is 1.86. The van der Waals surface area contributed by atoms with Gasteiger partial charge in [-0.25, -0.2) is 9.78 Å². The van der Waals surface area contributed by atoms with E-state index in [2.05, 4.69) is 37.9 Å². The number of nitrogens with zero attached hydrogens (tertiary/aromatic N) is 1. The molecular formula is C16H17NO2. The zero-order chi connectivity index (χ0) is 14.0. The lowest BCUT2D eigenvalue weighted by molar-refractivity contribution is 0.0690. The Morgan fingerprint density at radius 3 is 2.21 bits per heavy atom. The van der Waals surface area contributed by atoms with Crippen LogP contribution in [0.1, 0.15) is 36.8 Å². The third kappa shape index (κ3) is 2.99. The normalized spacial score (nSPS) is 11.3. The van der Waals surface area contributed by atoms with E-state index in [1.54, 1.807) is 6.07 Å². The largest absolute Gasteiger partial charge is 0.477 e. The third-order valence-corrected chi connectivity index (χ3v) is 3.01. The molecule has 2 aromatic rings. The third-order valence-electron chi connectivity index (χ3n) is 3.01. The fourth-order valence-corrected chi connectivity index (χ4v) is 1.86. The Morgan fingerprint density at radius 2 is 1.68 bits per heavy atom. The van der Waals surface area contributed by atoms with Crippen molar-refractivity contribution in [2.45, 2.75) is 26.2 Å². The fraction of sp³-hybridized carbons (Fsp3) is 0.250. The second-order valence-electron chi connectivity index (χ2n) is 5.54. The molecule has 0 atom stereocenters. The molecule has 0 spiro atoms. The minimum Gasteiger partial charge on any atom is -0.477 e. The Kier molecular flexibility index (Phi) is 3.38. The molecule has 0 fully saturated rings. The molecule has 2 rings (SSSR count). The Labute approximate surface area is 112 Å². The van der Waals surface area contributed by atoms with Gasteiger partial charge in [-0.1, -0.05) is 51.1 Å². The first-order valence-electron chi connectivity index (χ1n) is 6.19. The topological polar surface area (TPSA) is 50.2 Å². The van der Waals surface area contributed by atoms with Gasteiger partial charge in [0.05, 0.1) is 5.69 Å². The van der Waals surface area contributed by atoms with Crippen molar-refractivity contribution in [3.05, 3.63) is 53.7 Å². The summed E-state index contributed by atoms with van der Waals surface area (Å²) >= 11 is 0. The number of carbonyl (C=O) groups is 1. The van der Waals surface area contributed by atoms with E-state index in [0.29, 0.717) is 5.69 Å². The average Bonchev–Trinajstić information content (AvgIpc) is 2.38. The quantitative estimate of drug-likeness (QED) is 0.889. The maximum atomic E-state index is 10.9. The molecule has 0 saturated heterocycles. The minimum atomic E-state index is -1.01. The molecule has 0 saturated carbocycles. The van der Waals surface area contributed by atoms with Gasteiger partial charge in [0.25, 0.3) is 0 Å². The number of aromatic carboxylic acids is 1. The molecule has 3 heteroatoms. The van der Waals surface area contributed by atoms with Crippen molar-refractivity contribution in [1.29, 1.82) is 0 Å². The summed E-state index contributed by atoms with van der Waals surface area (Å²) in [5.41, 5.74) is 3.02. The van der Waals surface area contributed by atoms with Crippen LogP contribution >= 0.6 is 0 Å². The smallest absolute Gasteiger partial charge is 0.354 e. The summed E-state index contributed by atoms with van der Waals surface area (Å²) in [6.45, 7) is 6.47. The van der Waals surface area contributed by atoms with E-state index in [9.17, 15) is 4.79 Å². The van der Waals surface area contributed by atoms with Gasteiger partial charge in [0.2, 0.25) is 0 Å². The van der Waals surface area contributed by atoms with Gasteiger partial charge in [0.1, 0.15) is 5.69 Å². The van der Waals surface area contributed by atoms with Gasteiger partial charge < -0.3 is 5.11 Å². The summed E-state index contributed by atoms with van der Waals surface area (Å²) in [7, 11) is 0. The average molecular weight is 255 g/mol. The van der Waals surface area contributed by atoms with Gasteiger partial charge >= 0.3 is 5.97 Å². The highest BCUT2D eigenvalue weighted by Crippen LogP contribution is 2.25. The maximum absolute atomic E-state index is 10.9. The Hall–Kier alpha value is -2.16. The van der Waals surface area contributed by atoms with Gasteiger partial charge in [-0.15, -0.1) is 0 Å². The number of rotatable bonds is 2. The first-order chi connectivity index (χ1) is 8.88. The number of benzene rings is 1. The highest BCUT2D eigenvalue weighted by Gasteiger charge is 2.13. The van der Waals surface area contributed by atoms with Crippen LogP contribution in [0, 0.1) is 0 Å². The van der Waals surface area contributed by atoms with Gasteiger partial charge in [-0.2, -0.15) is 0 Å². The standard InChI is InChI=1S/C16H17NO2/c1-16(2,3)12-9-7-11(8-10-12)13-5-4-6-14(17-13)15(18)19/h4-10H,1-3H3,(H,18,19). The van der Waals surface area contributed by atoms with Crippen LogP contribution in [0.2, 0.25) is 0 Å². The Bertz CT molecular complexity index is 595. The predicted octanol–water partition coefficient (Wildman–Crippen LogP) is 3.74. The summed E-state index contributed by atoms with van der Waals surface area (Å²) < 4.78 is 0. The van der Waals surface area contributed by atoms with Gasteiger partial charge in [0, 0.05) is 5.56 Å². The lowest BCUT2D eigenvalue weighted by Gasteiger charge is -2.19. The molecule has 0 aliphatic rings. The van der Waals surface area contributed by atoms with Crippen LogP contribution in [0.25, 0.3) is 11.3 Å². The van der Waals surface area contributed by atoms with Crippen molar-refractivity contribution in [3.8, 4) is 11.3 Å². The molecule has 1 N–H and O–H groups in total. The van der Waals surface area contributed by atoms with Crippen molar-refractivity contribution in [2.24, 2.45) is 0 Å². The number of carboxylic acid groups (broad SMARTS) is 1. The van der Waals surface area contributed by atoms with Crippen molar-refractivity contribution < 1.29 is 9.90 Å². The van der Waals surface area contributed by atoms with Crippen LogP contribution < -0.4 is 0 Å². The van der Waals surface area contributed by atoms with Crippen LogP contribution in [-0.2, 0) is 5.41 Å². The van der Waals surface area contributed by atoms with E-state index < -0.39 is 5.97 Å². The second-order valence-corrected chi connectivity index (χ2v) is 5.54. The SMILES string of the molecule is CC(C)(C)c1ccc(-c2cccc(C(=O)O)n2)cc1. The first kappa shape index (κ1) is 13.3. The number of hydrogen-bond donors (Lipinski definition) is 1. The van der Waals surface area contributed by atoms with Crippen molar-refractivity contribution in [2.75, 3.05) is 0 Å². The lowest BCUT2D eigenvalue weighted by Crippen LogP contribution is -2.10. The van der Waals surface area contributed by atoms with Crippen molar-refractivity contribution in [3.63, 3.8) is 0 Å². The number of pyridine rings is 1. The molecule has 0 amide bonds.